The zero-order chi connectivity index (χ0) is 30.2. The van der Waals surface area contributed by atoms with Gasteiger partial charge in [0.25, 0.3) is 0 Å². The van der Waals surface area contributed by atoms with Crippen LogP contribution in [0.25, 0.3) is 11.2 Å². The number of nitrogens with one attached hydrogen (secondary N) is 1. The van der Waals surface area contributed by atoms with E-state index in [4.69, 9.17) is 9.47 Å². The highest BCUT2D eigenvalue weighted by Gasteiger charge is 2.52. The second kappa shape index (κ2) is 11.4. The van der Waals surface area contributed by atoms with E-state index in [1.54, 1.807) is 7.11 Å². The van der Waals surface area contributed by atoms with Crippen LogP contribution in [-0.4, -0.2) is 38.4 Å². The Labute approximate surface area is 249 Å². The van der Waals surface area contributed by atoms with Crippen molar-refractivity contribution in [3.05, 3.63) is 114 Å². The van der Waals surface area contributed by atoms with Gasteiger partial charge in [-0.3, -0.25) is 4.57 Å². The lowest BCUT2D eigenvalue weighted by atomic mass is 9.77. The van der Waals surface area contributed by atoms with Crippen molar-refractivity contribution in [1.29, 1.82) is 0 Å². The Morgan fingerprint density at radius 1 is 0.907 bits per heavy atom. The summed E-state index contributed by atoms with van der Waals surface area (Å²) in [5, 5.41) is 3.58. The molecule has 1 fully saturated rings. The van der Waals surface area contributed by atoms with Crippen molar-refractivity contribution in [3.63, 3.8) is 0 Å². The van der Waals surface area contributed by atoms with Crippen molar-refractivity contribution in [2.75, 3.05) is 12.4 Å². The fourth-order valence-electron chi connectivity index (χ4n) is 6.50. The molecule has 5 aromatic rings. The summed E-state index contributed by atoms with van der Waals surface area (Å²) in [6, 6.07) is 27.4. The summed E-state index contributed by atoms with van der Waals surface area (Å²) in [7, 11) is 1.62. The Bertz CT molecular complexity index is 1650. The SMILES string of the molecule is CCC1(CC)O[C@@H](n2cnc3c(NC(c4ccccc4)(c4ccccc4)c4ccc(OC)cc4)nc(F)nc32)[C@@H](F)[C@@H]1C. The van der Waals surface area contributed by atoms with E-state index in [0.717, 1.165) is 16.7 Å². The first-order valence-corrected chi connectivity index (χ1v) is 14.6. The van der Waals surface area contributed by atoms with E-state index in [1.807, 2.05) is 106 Å². The van der Waals surface area contributed by atoms with Crippen LogP contribution in [0.2, 0.25) is 0 Å². The van der Waals surface area contributed by atoms with Gasteiger partial charge in [-0.15, -0.1) is 0 Å². The highest BCUT2D eigenvalue weighted by molar-refractivity contribution is 5.84. The van der Waals surface area contributed by atoms with E-state index in [1.165, 1.54) is 10.9 Å². The number of aromatic nitrogens is 4. The van der Waals surface area contributed by atoms with E-state index in [0.29, 0.717) is 24.1 Å². The van der Waals surface area contributed by atoms with Crippen molar-refractivity contribution in [2.24, 2.45) is 5.92 Å². The van der Waals surface area contributed by atoms with Crippen LogP contribution >= 0.6 is 0 Å². The minimum Gasteiger partial charge on any atom is -0.497 e. The minimum atomic E-state index is -1.32. The van der Waals surface area contributed by atoms with Crippen LogP contribution in [0.4, 0.5) is 14.6 Å². The predicted octanol–water partition coefficient (Wildman–Crippen LogP) is 7.44. The van der Waals surface area contributed by atoms with Crippen molar-refractivity contribution >= 4 is 17.0 Å². The molecule has 2 aromatic heterocycles. The number of halogens is 2. The lowest BCUT2D eigenvalue weighted by Crippen LogP contribution is -2.38. The number of alkyl halides is 1. The zero-order valence-electron chi connectivity index (χ0n) is 24.7. The molecule has 6 rings (SSSR count). The monoisotopic (exact) mass is 583 g/mol. The molecule has 222 valence electrons. The lowest BCUT2D eigenvalue weighted by Gasteiger charge is -2.37. The zero-order valence-corrected chi connectivity index (χ0v) is 24.7. The molecule has 1 aliphatic heterocycles. The summed E-state index contributed by atoms with van der Waals surface area (Å²) in [5.74, 6) is 0.520. The molecule has 0 amide bonds. The summed E-state index contributed by atoms with van der Waals surface area (Å²) in [4.78, 5) is 12.9. The molecule has 0 bridgehead atoms. The van der Waals surface area contributed by atoms with Crippen molar-refractivity contribution in [3.8, 4) is 5.75 Å². The van der Waals surface area contributed by atoms with Gasteiger partial charge < -0.3 is 14.8 Å². The fraction of sp³-hybridized carbons (Fsp3) is 0.324. The predicted molar refractivity (Wildman–Crippen MR) is 162 cm³/mol. The Morgan fingerprint density at radius 2 is 1.49 bits per heavy atom. The van der Waals surface area contributed by atoms with Gasteiger partial charge in [0.05, 0.1) is 19.0 Å². The highest BCUT2D eigenvalue weighted by Crippen LogP contribution is 2.48. The molecule has 3 atom stereocenters. The Kier molecular flexibility index (Phi) is 7.60. The fourth-order valence-corrected chi connectivity index (χ4v) is 6.50. The highest BCUT2D eigenvalue weighted by atomic mass is 19.1. The molecular weight excluding hydrogens is 548 g/mol. The third-order valence-corrected chi connectivity index (χ3v) is 9.04. The summed E-state index contributed by atoms with van der Waals surface area (Å²) in [6.45, 7) is 5.86. The number of imidazole rings is 1. The van der Waals surface area contributed by atoms with Gasteiger partial charge in [0.2, 0.25) is 0 Å². The average Bonchev–Trinajstić information content (AvgIpc) is 3.58. The first-order chi connectivity index (χ1) is 20.9. The van der Waals surface area contributed by atoms with Crippen molar-refractivity contribution in [2.45, 2.75) is 57.2 Å². The number of rotatable bonds is 9. The first-order valence-electron chi connectivity index (χ1n) is 14.6. The second-order valence-electron chi connectivity index (χ2n) is 11.0. The number of anilines is 1. The van der Waals surface area contributed by atoms with Crippen LogP contribution in [0.1, 0.15) is 56.5 Å². The summed E-state index contributed by atoms with van der Waals surface area (Å²) in [5.41, 5.74) is 1.47. The van der Waals surface area contributed by atoms with Crippen LogP contribution in [-0.2, 0) is 10.3 Å². The van der Waals surface area contributed by atoms with Gasteiger partial charge in [-0.1, -0.05) is 93.6 Å². The Hall–Kier alpha value is -4.37. The number of methoxy groups -OCH3 is 1. The topological polar surface area (TPSA) is 74.1 Å². The van der Waals surface area contributed by atoms with E-state index in [9.17, 15) is 0 Å². The molecule has 3 aromatic carbocycles. The quantitative estimate of drug-likeness (QED) is 0.144. The Morgan fingerprint density at radius 3 is 2.02 bits per heavy atom. The number of hydrogen-bond acceptors (Lipinski definition) is 6. The van der Waals surface area contributed by atoms with Crippen LogP contribution in [0, 0.1) is 12.0 Å². The maximum absolute atomic E-state index is 15.8. The molecule has 0 unspecified atom stereocenters. The van der Waals surface area contributed by atoms with Crippen LogP contribution in [0.5, 0.6) is 5.75 Å². The molecule has 7 nitrogen and oxygen atoms in total. The number of hydrogen-bond donors (Lipinski definition) is 1. The standard InChI is InChI=1S/C34H35F2N5O2/c1-5-33(6-2)22(3)27(35)31(43-33)41-21-37-28-29(38-32(36)39-30(28)41)40-34(23-13-9-7-10-14-23,24-15-11-8-12-16-24)25-17-19-26(42-4)20-18-25/h7-22,27,31H,5-6H2,1-4H3,(H,38,39,40)/t22-,27-,31+/m0/s1. The van der Waals surface area contributed by atoms with Gasteiger partial charge in [0, 0.05) is 5.92 Å². The molecular formula is C34H35F2N5O2. The summed E-state index contributed by atoms with van der Waals surface area (Å²) >= 11 is 0. The van der Waals surface area contributed by atoms with E-state index in [2.05, 4.69) is 20.3 Å². The maximum Gasteiger partial charge on any atom is 0.312 e. The van der Waals surface area contributed by atoms with Crippen molar-refractivity contribution in [1.82, 2.24) is 19.5 Å². The minimum absolute atomic E-state index is 0.155. The van der Waals surface area contributed by atoms with E-state index < -0.39 is 29.6 Å². The average molecular weight is 584 g/mol. The third kappa shape index (κ3) is 4.72. The molecule has 1 saturated heterocycles. The molecule has 9 heteroatoms. The molecule has 43 heavy (non-hydrogen) atoms. The number of nitrogens with zero attached hydrogens (tertiary/aromatic N) is 4. The number of benzene rings is 3. The van der Waals surface area contributed by atoms with Crippen LogP contribution < -0.4 is 10.1 Å². The normalized spacial score (nSPS) is 19.9. The van der Waals surface area contributed by atoms with Crippen LogP contribution in [0.15, 0.2) is 91.3 Å². The molecule has 0 spiro atoms. The molecule has 1 N–H and O–H groups in total. The van der Waals surface area contributed by atoms with E-state index in [-0.39, 0.29) is 17.4 Å². The van der Waals surface area contributed by atoms with Gasteiger partial charge in [-0.25, -0.2) is 9.37 Å². The largest absolute Gasteiger partial charge is 0.497 e. The first kappa shape index (κ1) is 28.7. The molecule has 3 heterocycles. The van der Waals surface area contributed by atoms with Gasteiger partial charge in [-0.2, -0.15) is 14.4 Å². The summed E-state index contributed by atoms with van der Waals surface area (Å²) in [6.07, 6.45) is -0.489. The molecule has 1 aliphatic rings. The maximum atomic E-state index is 15.8. The Balaban J connectivity index is 1.55. The van der Waals surface area contributed by atoms with Crippen LogP contribution in [0.3, 0.4) is 0 Å². The van der Waals surface area contributed by atoms with Gasteiger partial charge in [0.15, 0.2) is 29.4 Å². The number of ether oxygens (including phenoxy) is 2. The van der Waals surface area contributed by atoms with Gasteiger partial charge in [-0.05, 0) is 41.7 Å². The van der Waals surface area contributed by atoms with E-state index >= 15 is 8.78 Å². The summed E-state index contributed by atoms with van der Waals surface area (Å²) < 4.78 is 44.4. The molecule has 0 saturated carbocycles. The molecule has 0 radical (unpaired) electrons. The van der Waals surface area contributed by atoms with Crippen molar-refractivity contribution < 1.29 is 18.3 Å². The van der Waals surface area contributed by atoms with Gasteiger partial charge >= 0.3 is 6.08 Å². The molecule has 0 aliphatic carbocycles. The second-order valence-corrected chi connectivity index (χ2v) is 11.0. The lowest BCUT2D eigenvalue weighted by molar-refractivity contribution is -0.0906. The van der Waals surface area contributed by atoms with Gasteiger partial charge in [0.1, 0.15) is 11.3 Å². The smallest absolute Gasteiger partial charge is 0.312 e. The third-order valence-electron chi connectivity index (χ3n) is 9.04. The number of fused-ring (bicyclic) bond motifs is 1.